The van der Waals surface area contributed by atoms with Gasteiger partial charge in [0.15, 0.2) is 0 Å². The SMILES string of the molecule is Cc1ccc(S(=O)(=O)N(CC(=O)N(Cc2cccc(Br)c2)[C@@H](C)C(=O)NC2CCCC2)c2ccc(C(C)C)cc2)cc1. The van der Waals surface area contributed by atoms with Gasteiger partial charge in [-0.25, -0.2) is 8.42 Å². The van der Waals surface area contributed by atoms with E-state index in [1.807, 2.05) is 43.3 Å². The maximum atomic E-state index is 14.1. The van der Waals surface area contributed by atoms with Gasteiger partial charge in [0.2, 0.25) is 11.8 Å². The molecule has 0 heterocycles. The first-order valence-electron chi connectivity index (χ1n) is 14.5. The van der Waals surface area contributed by atoms with Gasteiger partial charge in [-0.15, -0.1) is 0 Å². The lowest BCUT2D eigenvalue weighted by Crippen LogP contribution is -2.52. The molecular weight excluding hydrogens is 614 g/mol. The van der Waals surface area contributed by atoms with Crippen molar-refractivity contribution in [1.29, 1.82) is 0 Å². The summed E-state index contributed by atoms with van der Waals surface area (Å²) in [6.45, 7) is 7.43. The fourth-order valence-electron chi connectivity index (χ4n) is 5.20. The van der Waals surface area contributed by atoms with Gasteiger partial charge in [0.25, 0.3) is 10.0 Å². The van der Waals surface area contributed by atoms with Crippen LogP contribution in [0, 0.1) is 6.92 Å². The highest BCUT2D eigenvalue weighted by atomic mass is 79.9. The van der Waals surface area contributed by atoms with E-state index in [4.69, 9.17) is 0 Å². The first-order valence-corrected chi connectivity index (χ1v) is 16.7. The summed E-state index contributed by atoms with van der Waals surface area (Å²) in [5.74, 6) is -0.435. The standard InChI is InChI=1S/C33H40BrN3O4S/c1-23(2)27-14-16-30(17-15-27)37(42(40,41)31-18-12-24(3)13-19-31)22-32(38)36(21-26-8-7-9-28(34)20-26)25(4)33(39)35-29-10-5-6-11-29/h7-9,12-20,23,25,29H,5-6,10-11,21-22H2,1-4H3,(H,35,39)/t25-/m0/s1. The van der Waals surface area contributed by atoms with Crippen LogP contribution in [0.3, 0.4) is 0 Å². The molecule has 1 aliphatic carbocycles. The third-order valence-electron chi connectivity index (χ3n) is 7.85. The average molecular weight is 655 g/mol. The Labute approximate surface area is 258 Å². The normalized spacial score (nSPS) is 14.5. The number of halogens is 1. The summed E-state index contributed by atoms with van der Waals surface area (Å²) in [4.78, 5) is 29.1. The second-order valence-corrected chi connectivity index (χ2v) is 14.2. The lowest BCUT2D eigenvalue weighted by atomic mass is 10.0. The molecule has 0 radical (unpaired) electrons. The second kappa shape index (κ2) is 13.9. The number of aryl methyl sites for hydroxylation is 1. The van der Waals surface area contributed by atoms with Crippen molar-refractivity contribution in [3.8, 4) is 0 Å². The van der Waals surface area contributed by atoms with Crippen molar-refractivity contribution in [2.45, 2.75) is 82.8 Å². The predicted octanol–water partition coefficient (Wildman–Crippen LogP) is 6.55. The Hall–Kier alpha value is -3.17. The first kappa shape index (κ1) is 31.8. The van der Waals surface area contributed by atoms with Crippen LogP contribution in [0.4, 0.5) is 5.69 Å². The molecule has 0 bridgehead atoms. The van der Waals surface area contributed by atoms with Crippen molar-refractivity contribution in [1.82, 2.24) is 10.2 Å². The molecule has 42 heavy (non-hydrogen) atoms. The van der Waals surface area contributed by atoms with Crippen LogP contribution >= 0.6 is 15.9 Å². The third-order valence-corrected chi connectivity index (χ3v) is 10.1. The van der Waals surface area contributed by atoms with Crippen molar-refractivity contribution in [2.75, 3.05) is 10.8 Å². The molecule has 0 saturated heterocycles. The smallest absolute Gasteiger partial charge is 0.264 e. The minimum Gasteiger partial charge on any atom is -0.352 e. The highest BCUT2D eigenvalue weighted by Gasteiger charge is 2.33. The Bertz CT molecular complexity index is 1480. The molecule has 0 spiro atoms. The number of carbonyl (C=O) groups is 2. The number of rotatable bonds is 11. The van der Waals surface area contributed by atoms with E-state index in [0.29, 0.717) is 5.69 Å². The van der Waals surface area contributed by atoms with Crippen molar-refractivity contribution in [2.24, 2.45) is 0 Å². The number of nitrogens with zero attached hydrogens (tertiary/aromatic N) is 2. The summed E-state index contributed by atoms with van der Waals surface area (Å²) in [5.41, 5.74) is 3.21. The fraction of sp³-hybridized carbons (Fsp3) is 0.394. The van der Waals surface area contributed by atoms with Gasteiger partial charge in [-0.1, -0.05) is 84.6 Å². The Morgan fingerprint density at radius 3 is 2.19 bits per heavy atom. The molecule has 0 aliphatic heterocycles. The van der Waals surface area contributed by atoms with E-state index in [-0.39, 0.29) is 29.3 Å². The van der Waals surface area contributed by atoms with Crippen molar-refractivity contribution in [3.05, 3.63) is 94.0 Å². The number of hydrogen-bond acceptors (Lipinski definition) is 4. The monoisotopic (exact) mass is 653 g/mol. The van der Waals surface area contributed by atoms with E-state index in [2.05, 4.69) is 35.1 Å². The van der Waals surface area contributed by atoms with Crippen LogP contribution in [-0.4, -0.2) is 43.8 Å². The van der Waals surface area contributed by atoms with E-state index in [1.54, 1.807) is 43.3 Å². The van der Waals surface area contributed by atoms with Gasteiger partial charge in [-0.2, -0.15) is 0 Å². The van der Waals surface area contributed by atoms with E-state index >= 15 is 0 Å². The van der Waals surface area contributed by atoms with Gasteiger partial charge in [0.1, 0.15) is 12.6 Å². The molecule has 2 amide bonds. The largest absolute Gasteiger partial charge is 0.352 e. The molecule has 0 aromatic heterocycles. The summed E-state index contributed by atoms with van der Waals surface area (Å²) < 4.78 is 30.1. The van der Waals surface area contributed by atoms with Crippen LogP contribution in [0.25, 0.3) is 0 Å². The Kier molecular flexibility index (Phi) is 10.5. The predicted molar refractivity (Wildman–Crippen MR) is 171 cm³/mol. The van der Waals surface area contributed by atoms with Crippen LogP contribution in [0.1, 0.15) is 69.1 Å². The molecule has 9 heteroatoms. The maximum absolute atomic E-state index is 14.1. The van der Waals surface area contributed by atoms with Crippen LogP contribution in [0.15, 0.2) is 82.2 Å². The molecule has 1 fully saturated rings. The fourth-order valence-corrected chi connectivity index (χ4v) is 7.06. The lowest BCUT2D eigenvalue weighted by molar-refractivity contribution is -0.139. The van der Waals surface area contributed by atoms with Gasteiger partial charge in [-0.05, 0) is 80.1 Å². The van der Waals surface area contributed by atoms with Crippen LogP contribution in [0.5, 0.6) is 0 Å². The summed E-state index contributed by atoms with van der Waals surface area (Å²) in [7, 11) is -4.10. The Morgan fingerprint density at radius 1 is 0.952 bits per heavy atom. The zero-order valence-electron chi connectivity index (χ0n) is 24.7. The third kappa shape index (κ3) is 7.81. The van der Waals surface area contributed by atoms with Crippen molar-refractivity contribution in [3.63, 3.8) is 0 Å². The molecule has 3 aromatic carbocycles. The van der Waals surface area contributed by atoms with Gasteiger partial charge < -0.3 is 10.2 Å². The molecule has 3 aromatic rings. The van der Waals surface area contributed by atoms with Crippen LogP contribution in [-0.2, 0) is 26.2 Å². The molecule has 224 valence electrons. The van der Waals surface area contributed by atoms with Gasteiger partial charge in [-0.3, -0.25) is 13.9 Å². The molecule has 7 nitrogen and oxygen atoms in total. The molecule has 4 rings (SSSR count). The molecule has 1 aliphatic rings. The number of sulfonamides is 1. The van der Waals surface area contributed by atoms with Crippen LogP contribution in [0.2, 0.25) is 0 Å². The van der Waals surface area contributed by atoms with Crippen molar-refractivity contribution < 1.29 is 18.0 Å². The zero-order valence-corrected chi connectivity index (χ0v) is 27.1. The quantitative estimate of drug-likeness (QED) is 0.254. The van der Waals surface area contributed by atoms with E-state index in [1.165, 1.54) is 4.90 Å². The minimum absolute atomic E-state index is 0.0967. The zero-order chi connectivity index (χ0) is 30.4. The number of carbonyl (C=O) groups excluding carboxylic acids is 2. The minimum atomic E-state index is -4.10. The molecule has 0 unspecified atom stereocenters. The van der Waals surface area contributed by atoms with Gasteiger partial charge >= 0.3 is 0 Å². The summed E-state index contributed by atoms with van der Waals surface area (Å²) >= 11 is 3.49. The molecule has 1 N–H and O–H groups in total. The maximum Gasteiger partial charge on any atom is 0.264 e. The second-order valence-electron chi connectivity index (χ2n) is 11.4. The Balaban J connectivity index is 1.70. The Morgan fingerprint density at radius 2 is 1.60 bits per heavy atom. The van der Waals surface area contributed by atoms with Gasteiger partial charge in [0, 0.05) is 17.1 Å². The van der Waals surface area contributed by atoms with Gasteiger partial charge in [0.05, 0.1) is 10.6 Å². The van der Waals surface area contributed by atoms with Crippen LogP contribution < -0.4 is 9.62 Å². The topological polar surface area (TPSA) is 86.8 Å². The summed E-state index contributed by atoms with van der Waals surface area (Å²) in [6, 6.07) is 20.7. The summed E-state index contributed by atoms with van der Waals surface area (Å²) in [6.07, 6.45) is 3.99. The highest BCUT2D eigenvalue weighted by molar-refractivity contribution is 9.10. The summed E-state index contributed by atoms with van der Waals surface area (Å²) in [5, 5.41) is 3.10. The highest BCUT2D eigenvalue weighted by Crippen LogP contribution is 2.27. The molecule has 1 saturated carbocycles. The average Bonchev–Trinajstić information content (AvgIpc) is 3.47. The molecule has 1 atom stereocenters. The first-order chi connectivity index (χ1) is 20.0. The van der Waals surface area contributed by atoms with Crippen molar-refractivity contribution >= 4 is 43.5 Å². The number of amides is 2. The van der Waals surface area contributed by atoms with E-state index < -0.39 is 28.5 Å². The van der Waals surface area contributed by atoms with E-state index in [9.17, 15) is 18.0 Å². The van der Waals surface area contributed by atoms with E-state index in [0.717, 1.165) is 51.2 Å². The number of nitrogens with one attached hydrogen (secondary N) is 1. The number of hydrogen-bond donors (Lipinski definition) is 1. The number of anilines is 1. The molecular formula is C33H40BrN3O4S. The number of benzene rings is 3. The lowest BCUT2D eigenvalue weighted by Gasteiger charge is -2.32.